The largest absolute Gasteiger partial charge is 0.430 e. The highest BCUT2D eigenvalue weighted by atomic mass is 32.2. The number of nitrogens with one attached hydrogen (secondary N) is 1. The molecule has 6 nitrogen and oxygen atoms in total. The molecule has 0 atom stereocenters. The van der Waals surface area contributed by atoms with Crippen molar-refractivity contribution in [3.05, 3.63) is 52.4 Å². The van der Waals surface area contributed by atoms with Crippen molar-refractivity contribution >= 4 is 10.3 Å². The predicted octanol–water partition coefficient (Wildman–Crippen LogP) is 0.657. The highest BCUT2D eigenvalue weighted by Gasteiger charge is 2.18. The van der Waals surface area contributed by atoms with Gasteiger partial charge in [0, 0.05) is 11.8 Å². The molecule has 0 saturated heterocycles. The van der Waals surface area contributed by atoms with E-state index in [9.17, 15) is 13.2 Å². The summed E-state index contributed by atoms with van der Waals surface area (Å²) in [7, 11) is -4.17. The molecule has 2 rings (SSSR count). The summed E-state index contributed by atoms with van der Waals surface area (Å²) < 4.78 is 28.7. The number of aryl methyl sites for hydroxylation is 1. The van der Waals surface area contributed by atoms with E-state index in [0.717, 1.165) is 0 Å². The second-order valence-corrected chi connectivity index (χ2v) is 4.78. The van der Waals surface area contributed by atoms with Gasteiger partial charge in [-0.1, -0.05) is 18.2 Å². The van der Waals surface area contributed by atoms with Gasteiger partial charge in [-0.15, -0.1) is 4.09 Å². The lowest BCUT2D eigenvalue weighted by Gasteiger charge is -2.05. The normalized spacial score (nSPS) is 11.4. The van der Waals surface area contributed by atoms with E-state index in [1.165, 1.54) is 18.2 Å². The van der Waals surface area contributed by atoms with E-state index in [2.05, 4.69) is 5.10 Å². The Kier molecular flexibility index (Phi) is 2.76. The van der Waals surface area contributed by atoms with Crippen molar-refractivity contribution in [3.63, 3.8) is 0 Å². The van der Waals surface area contributed by atoms with E-state index >= 15 is 0 Å². The third-order valence-electron chi connectivity index (χ3n) is 1.99. The Morgan fingerprint density at radius 3 is 2.41 bits per heavy atom. The fraction of sp³-hybridized carbons (Fsp3) is 0.100. The number of para-hydroxylation sites is 1. The summed E-state index contributed by atoms with van der Waals surface area (Å²) in [5.41, 5.74) is -0.242. The van der Waals surface area contributed by atoms with Crippen molar-refractivity contribution in [2.75, 3.05) is 0 Å². The molecule has 1 aromatic carbocycles. The third kappa shape index (κ3) is 2.39. The van der Waals surface area contributed by atoms with Gasteiger partial charge >= 0.3 is 10.3 Å². The van der Waals surface area contributed by atoms with Crippen LogP contribution >= 0.6 is 0 Å². The maximum absolute atomic E-state index is 11.7. The molecule has 0 aliphatic carbocycles. The summed E-state index contributed by atoms with van der Waals surface area (Å²) in [6.45, 7) is 1.58. The number of H-pyrrole nitrogens is 1. The average molecular weight is 254 g/mol. The number of rotatable bonds is 3. The second-order valence-electron chi connectivity index (χ2n) is 3.40. The first-order chi connectivity index (χ1) is 7.99. The molecule has 1 heterocycles. The van der Waals surface area contributed by atoms with Gasteiger partial charge in [-0.25, -0.2) is 0 Å². The average Bonchev–Trinajstić information content (AvgIpc) is 2.59. The highest BCUT2D eigenvalue weighted by molar-refractivity contribution is 7.85. The van der Waals surface area contributed by atoms with Crippen LogP contribution in [0, 0.1) is 6.92 Å². The lowest BCUT2D eigenvalue weighted by atomic mass is 10.3. The van der Waals surface area contributed by atoms with Crippen LogP contribution in [-0.4, -0.2) is 17.6 Å². The number of benzene rings is 1. The zero-order chi connectivity index (χ0) is 12.5. The zero-order valence-corrected chi connectivity index (χ0v) is 9.77. The van der Waals surface area contributed by atoms with Crippen LogP contribution in [-0.2, 0) is 10.3 Å². The number of nitrogens with zero attached hydrogens (tertiary/aromatic N) is 1. The molecule has 7 heteroatoms. The topological polar surface area (TPSA) is 81.2 Å². The SMILES string of the molecule is Cc1cc(=O)n(S(=O)(=O)Oc2ccccc2)[nH]1. The van der Waals surface area contributed by atoms with Gasteiger partial charge in [-0.05, 0) is 19.1 Å². The number of aromatic nitrogens is 2. The zero-order valence-electron chi connectivity index (χ0n) is 8.95. The molecule has 0 saturated carbocycles. The van der Waals surface area contributed by atoms with E-state index in [1.807, 2.05) is 0 Å². The molecule has 0 radical (unpaired) electrons. The van der Waals surface area contributed by atoms with E-state index < -0.39 is 15.9 Å². The number of aromatic amines is 1. The van der Waals surface area contributed by atoms with Gasteiger partial charge in [0.1, 0.15) is 5.75 Å². The Morgan fingerprint density at radius 1 is 1.24 bits per heavy atom. The minimum absolute atomic E-state index is 0.145. The number of hydrogen-bond donors (Lipinski definition) is 1. The van der Waals surface area contributed by atoms with Crippen LogP contribution in [0.1, 0.15) is 5.69 Å². The molecule has 2 aromatic rings. The first kappa shape index (κ1) is 11.5. The van der Waals surface area contributed by atoms with Gasteiger partial charge in [0.05, 0.1) is 0 Å². The molecule has 17 heavy (non-hydrogen) atoms. The van der Waals surface area contributed by atoms with Crippen molar-refractivity contribution in [2.24, 2.45) is 0 Å². The van der Waals surface area contributed by atoms with Gasteiger partial charge in [0.15, 0.2) is 0 Å². The molecule has 1 N–H and O–H groups in total. The summed E-state index contributed by atoms with van der Waals surface area (Å²) in [4.78, 5) is 11.3. The van der Waals surface area contributed by atoms with Crippen LogP contribution in [0.3, 0.4) is 0 Å². The van der Waals surface area contributed by atoms with E-state index in [-0.39, 0.29) is 5.75 Å². The third-order valence-corrected chi connectivity index (χ3v) is 3.11. The standard InChI is InChI=1S/C10H10N2O4S/c1-8-7-10(13)12(11-8)17(14,15)16-9-5-3-2-4-6-9/h2-7,11H,1H3. The smallest absolute Gasteiger partial charge is 0.365 e. The summed E-state index contributed by atoms with van der Waals surface area (Å²) in [5, 5.41) is 2.40. The molecule has 0 aliphatic rings. The van der Waals surface area contributed by atoms with E-state index in [1.54, 1.807) is 25.1 Å². The van der Waals surface area contributed by atoms with Crippen LogP contribution in [0.15, 0.2) is 41.2 Å². The lowest BCUT2D eigenvalue weighted by Crippen LogP contribution is -2.29. The van der Waals surface area contributed by atoms with Crippen LogP contribution in [0.25, 0.3) is 0 Å². The van der Waals surface area contributed by atoms with Crippen molar-refractivity contribution in [1.29, 1.82) is 0 Å². The molecule has 0 bridgehead atoms. The van der Waals surface area contributed by atoms with Crippen molar-refractivity contribution in [3.8, 4) is 5.75 Å². The Bertz CT molecular complexity index is 670. The molecular weight excluding hydrogens is 244 g/mol. The van der Waals surface area contributed by atoms with Gasteiger partial charge < -0.3 is 4.18 Å². The van der Waals surface area contributed by atoms with Gasteiger partial charge in [-0.2, -0.15) is 8.42 Å². The monoisotopic (exact) mass is 254 g/mol. The maximum atomic E-state index is 11.7. The quantitative estimate of drug-likeness (QED) is 0.872. The summed E-state index contributed by atoms with van der Waals surface area (Å²) >= 11 is 0. The summed E-state index contributed by atoms with van der Waals surface area (Å²) in [6.07, 6.45) is 0. The Labute approximate surface area is 97.7 Å². The fourth-order valence-electron chi connectivity index (χ4n) is 1.29. The Hall–Kier alpha value is -2.02. The first-order valence-electron chi connectivity index (χ1n) is 4.78. The molecule has 0 fully saturated rings. The molecule has 1 aromatic heterocycles. The van der Waals surface area contributed by atoms with Gasteiger partial charge in [-0.3, -0.25) is 9.89 Å². The predicted molar refractivity (Wildman–Crippen MR) is 61.2 cm³/mol. The van der Waals surface area contributed by atoms with Crippen LogP contribution in [0.5, 0.6) is 5.75 Å². The molecular formula is C10H10N2O4S. The van der Waals surface area contributed by atoms with Crippen LogP contribution in [0.4, 0.5) is 0 Å². The fourth-order valence-corrected chi connectivity index (χ4v) is 2.25. The van der Waals surface area contributed by atoms with E-state index in [4.69, 9.17) is 4.18 Å². The molecule has 90 valence electrons. The molecule has 0 unspecified atom stereocenters. The molecule has 0 aliphatic heterocycles. The van der Waals surface area contributed by atoms with Gasteiger partial charge in [0.25, 0.3) is 5.56 Å². The van der Waals surface area contributed by atoms with E-state index in [0.29, 0.717) is 9.78 Å². The first-order valence-corrected chi connectivity index (χ1v) is 6.14. The van der Waals surface area contributed by atoms with Crippen molar-refractivity contribution in [2.45, 2.75) is 6.92 Å². The van der Waals surface area contributed by atoms with Gasteiger partial charge in [0.2, 0.25) is 0 Å². The minimum atomic E-state index is -4.17. The maximum Gasteiger partial charge on any atom is 0.430 e. The highest BCUT2D eigenvalue weighted by Crippen LogP contribution is 2.11. The summed E-state index contributed by atoms with van der Waals surface area (Å²) in [5.74, 6) is 0.145. The molecule has 0 amide bonds. The minimum Gasteiger partial charge on any atom is -0.365 e. The number of hydrogen-bond acceptors (Lipinski definition) is 4. The Balaban J connectivity index is 2.39. The second kappa shape index (κ2) is 4.10. The lowest BCUT2D eigenvalue weighted by molar-refractivity contribution is 0.467. The molecule has 0 spiro atoms. The van der Waals surface area contributed by atoms with Crippen LogP contribution < -0.4 is 9.74 Å². The summed E-state index contributed by atoms with van der Waals surface area (Å²) in [6, 6.07) is 9.13. The van der Waals surface area contributed by atoms with Crippen molar-refractivity contribution in [1.82, 2.24) is 9.19 Å². The Morgan fingerprint density at radius 2 is 1.88 bits per heavy atom. The van der Waals surface area contributed by atoms with Crippen LogP contribution in [0.2, 0.25) is 0 Å². The van der Waals surface area contributed by atoms with Crippen molar-refractivity contribution < 1.29 is 12.6 Å².